The van der Waals surface area contributed by atoms with E-state index in [1.54, 1.807) is 6.92 Å². The minimum Gasteiger partial charge on any atom is -0.790 e. The molecule has 0 aromatic heterocycles. The van der Waals surface area contributed by atoms with E-state index in [9.17, 15) is 23.9 Å². The molecule has 0 rings (SSSR count). The monoisotopic (exact) mass is 640 g/mol. The van der Waals surface area contributed by atoms with Crippen LogP contribution in [0.25, 0.3) is 0 Å². The molecule has 0 aliphatic heterocycles. The van der Waals surface area contributed by atoms with Crippen LogP contribution in [0.1, 0.15) is 104 Å². The van der Waals surface area contributed by atoms with E-state index in [0.717, 1.165) is 19.3 Å². The Kier molecular flexibility index (Phi) is 38.7. The van der Waals surface area contributed by atoms with E-state index < -0.39 is 39.1 Å². The summed E-state index contributed by atoms with van der Waals surface area (Å²) in [5.41, 5.74) is 0. The number of carbonyl (C=O) groups is 2. The van der Waals surface area contributed by atoms with Gasteiger partial charge < -0.3 is 28.3 Å². The van der Waals surface area contributed by atoms with Gasteiger partial charge in [0.2, 0.25) is 0 Å². The molecule has 12 heteroatoms. The Labute approximate surface area is 310 Å². The Morgan fingerprint density at radius 3 is 1.71 bits per heavy atom. The van der Waals surface area contributed by atoms with E-state index in [4.69, 9.17) is 9.47 Å². The predicted molar refractivity (Wildman–Crippen MR) is 169 cm³/mol. The maximum Gasteiger partial charge on any atom is 1.00 e. The van der Waals surface area contributed by atoms with Gasteiger partial charge in [-0.3, -0.25) is 4.79 Å². The third-order valence-electron chi connectivity index (χ3n) is 4.83. The van der Waals surface area contributed by atoms with Crippen molar-refractivity contribution in [1.82, 2.24) is 0 Å². The number of ether oxygens (including phenoxy) is 2. The fourth-order valence-electron chi connectivity index (χ4n) is 3.01. The topological polar surface area (TPSA) is 125 Å². The van der Waals surface area contributed by atoms with Gasteiger partial charge in [-0.25, -0.2) is 4.79 Å². The van der Waals surface area contributed by atoms with Crippen LogP contribution in [0.4, 0.5) is 0 Å². The fourth-order valence-corrected chi connectivity index (χ4v) is 3.35. The molecule has 232 valence electrons. The van der Waals surface area contributed by atoms with Crippen molar-refractivity contribution in [2.24, 2.45) is 0 Å². The van der Waals surface area contributed by atoms with Crippen molar-refractivity contribution in [1.29, 1.82) is 0 Å². The first-order valence-electron chi connectivity index (χ1n) is 12.7. The van der Waals surface area contributed by atoms with Crippen LogP contribution in [0, 0.1) is 59.2 Å². The van der Waals surface area contributed by atoms with Gasteiger partial charge in [0.15, 0.2) is 6.10 Å². The van der Waals surface area contributed by atoms with Crippen LogP contribution in [-0.4, -0.2) is 31.3 Å². The minimum atomic E-state index is -5.30. The van der Waals surface area contributed by atoms with Gasteiger partial charge in [-0.1, -0.05) is 77.1 Å². The summed E-state index contributed by atoms with van der Waals surface area (Å²) >= 11 is 0. The van der Waals surface area contributed by atoms with Crippen molar-refractivity contribution in [2.75, 3.05) is 13.2 Å². The molecule has 0 radical (unpaired) electrons. The molecule has 0 aromatic rings. The molecule has 0 fully saturated rings. The molecular formula is C29H55Na2O8PS. The first-order valence-corrected chi connectivity index (χ1v) is 14.2. The summed E-state index contributed by atoms with van der Waals surface area (Å²) < 4.78 is 24.9. The largest absolute Gasteiger partial charge is 1.00 e. The van der Waals surface area contributed by atoms with Crippen LogP contribution >= 0.6 is 21.3 Å². The second-order valence-corrected chi connectivity index (χ2v) is 9.27. The SMILES string of the molecule is CC#CC#CC#CC#CC#CC(=O)OC[C@@H](COP(=O)([O-])[O-])OC(=O)CCCCCCCCCCCCC.S.[HH].[HH].[HH].[HH].[HH].[HH].[HH].[HH].[HH].[Na+].[Na+]. The van der Waals surface area contributed by atoms with Gasteiger partial charge in [0.25, 0.3) is 0 Å². The zero-order chi connectivity index (χ0) is 28.3. The van der Waals surface area contributed by atoms with Crippen LogP contribution in [0.15, 0.2) is 0 Å². The number of unbranched alkanes of at least 4 members (excludes halogenated alkanes) is 10. The van der Waals surface area contributed by atoms with Crippen LogP contribution < -0.4 is 68.9 Å². The smallest absolute Gasteiger partial charge is 0.790 e. The summed E-state index contributed by atoms with van der Waals surface area (Å²) in [7, 11) is -5.30. The molecule has 0 heterocycles. The quantitative estimate of drug-likeness (QED) is 0.0484. The Morgan fingerprint density at radius 2 is 1.22 bits per heavy atom. The van der Waals surface area contributed by atoms with Crippen molar-refractivity contribution in [3.63, 3.8) is 0 Å². The van der Waals surface area contributed by atoms with Crippen molar-refractivity contribution >= 4 is 33.3 Å². The van der Waals surface area contributed by atoms with Gasteiger partial charge in [-0.2, -0.15) is 13.5 Å². The van der Waals surface area contributed by atoms with Crippen LogP contribution in [0.2, 0.25) is 0 Å². The zero-order valence-electron chi connectivity index (χ0n) is 24.7. The molecule has 0 saturated heterocycles. The summed E-state index contributed by atoms with van der Waals surface area (Å²) in [5, 5.41) is 0. The number of hydrogen-bond acceptors (Lipinski definition) is 8. The second-order valence-electron chi connectivity index (χ2n) is 8.11. The molecule has 0 bridgehead atoms. The van der Waals surface area contributed by atoms with E-state index in [1.165, 1.54) is 44.9 Å². The number of phosphoric ester groups is 1. The molecule has 0 spiro atoms. The molecule has 0 unspecified atom stereocenters. The maximum atomic E-state index is 12.1. The zero-order valence-corrected chi connectivity index (χ0v) is 30.6. The average molecular weight is 641 g/mol. The number of phosphoric acid groups is 1. The van der Waals surface area contributed by atoms with E-state index >= 15 is 0 Å². The maximum absolute atomic E-state index is 12.1. The van der Waals surface area contributed by atoms with Gasteiger partial charge in [0.1, 0.15) is 6.61 Å². The second kappa shape index (κ2) is 33.7. The van der Waals surface area contributed by atoms with E-state index in [-0.39, 0.29) is 91.9 Å². The molecule has 0 saturated carbocycles. The van der Waals surface area contributed by atoms with E-state index in [2.05, 4.69) is 70.7 Å². The molecule has 0 N–H and O–H groups in total. The van der Waals surface area contributed by atoms with Gasteiger partial charge >= 0.3 is 71.1 Å². The van der Waals surface area contributed by atoms with Gasteiger partial charge in [-0.15, -0.1) is 0 Å². The average Bonchev–Trinajstić information content (AvgIpc) is 2.87. The Balaban J connectivity index is -0.000000104. The number of hydrogen-bond donors (Lipinski definition) is 0. The molecule has 0 aromatic carbocycles. The van der Waals surface area contributed by atoms with E-state index in [0.29, 0.717) is 6.42 Å². The summed E-state index contributed by atoms with van der Waals surface area (Å²) in [6, 6.07) is 0. The Bertz CT molecular complexity index is 1120. The molecular weight excluding hydrogens is 585 g/mol. The van der Waals surface area contributed by atoms with Crippen molar-refractivity contribution in [3.8, 4) is 59.2 Å². The first kappa shape index (κ1) is 47.1. The van der Waals surface area contributed by atoms with Crippen molar-refractivity contribution < 1.29 is 110 Å². The van der Waals surface area contributed by atoms with E-state index in [1.807, 2.05) is 0 Å². The van der Waals surface area contributed by atoms with Crippen LogP contribution in [-0.2, 0) is 28.2 Å². The molecule has 8 nitrogen and oxygen atoms in total. The van der Waals surface area contributed by atoms with Crippen LogP contribution in [0.5, 0.6) is 0 Å². The number of rotatable bonds is 18. The predicted octanol–water partition coefficient (Wildman–Crippen LogP) is -0.640. The standard InChI is InChI=1S/C29H37O8P.2Na.H2S.9H2/c1-3-5-7-9-11-13-14-16-18-20-22-24-29(31)37-27(26-36-38(32,33)34)25-35-28(30)23-21-19-17-15-12-10-8-6-4-2;;;;;;;;;;;;/h27H,3,5,7,9,11,13-14,16,18,20,22,24-26H2,1-2H3,(H2,32,33,34);;;1H2;9*1H/q;2*+1;;;;;;;;;;/p-2/t27-;;;;;;;;;;;;/m0............/s1. The normalized spacial score (nSPS) is 9.56. The van der Waals surface area contributed by atoms with Gasteiger partial charge in [0, 0.05) is 25.2 Å². The number of carbonyl (C=O) groups excluding carboxylic acids is 2. The third-order valence-corrected chi connectivity index (χ3v) is 5.29. The summed E-state index contributed by atoms with van der Waals surface area (Å²) in [6.45, 7) is 2.53. The number of esters is 2. The molecule has 0 aliphatic rings. The van der Waals surface area contributed by atoms with Gasteiger partial charge in [-0.05, 0) is 60.7 Å². The Hall–Kier alpha value is -0.800. The fraction of sp³-hybridized carbons (Fsp3) is 0.586. The first-order chi connectivity index (χ1) is 18.3. The summed E-state index contributed by atoms with van der Waals surface area (Å²) in [4.78, 5) is 45.4. The summed E-state index contributed by atoms with van der Waals surface area (Å²) in [6.07, 6.45) is 11.2. The Morgan fingerprint density at radius 1 is 0.756 bits per heavy atom. The van der Waals surface area contributed by atoms with Crippen molar-refractivity contribution in [2.45, 2.75) is 97.0 Å². The molecule has 1 atom stereocenters. The summed E-state index contributed by atoms with van der Waals surface area (Å²) in [5.74, 6) is 22.2. The van der Waals surface area contributed by atoms with Gasteiger partial charge in [0.05, 0.1) is 14.4 Å². The molecule has 41 heavy (non-hydrogen) atoms. The van der Waals surface area contributed by atoms with Crippen LogP contribution in [0.3, 0.4) is 0 Å². The van der Waals surface area contributed by atoms with Crippen molar-refractivity contribution in [3.05, 3.63) is 0 Å². The molecule has 0 aliphatic carbocycles. The minimum absolute atomic E-state index is 0. The molecule has 0 amide bonds. The third kappa shape index (κ3) is 37.2.